The second-order valence-electron chi connectivity index (χ2n) is 7.80. The molecule has 1 aromatic carbocycles. The molecular weight excluding hydrogens is 330 g/mol. The number of hydrogen-bond acceptors (Lipinski definition) is 4. The summed E-state index contributed by atoms with van der Waals surface area (Å²) in [5.74, 6) is -0.385. The Hall–Kier alpha value is -1.92. The molecule has 2 atom stereocenters. The average Bonchev–Trinajstić information content (AvgIpc) is 2.64. The van der Waals surface area contributed by atoms with Crippen LogP contribution in [0.2, 0.25) is 0 Å². The number of carbonyl (C=O) groups is 2. The lowest BCUT2D eigenvalue weighted by Gasteiger charge is -2.57. The van der Waals surface area contributed by atoms with Crippen molar-refractivity contribution in [3.8, 4) is 0 Å². The molecule has 2 aliphatic rings. The van der Waals surface area contributed by atoms with E-state index in [1.165, 1.54) is 5.56 Å². The number of ether oxygens (including phenoxy) is 1. The molecule has 0 radical (unpaired) electrons. The van der Waals surface area contributed by atoms with Crippen LogP contribution in [0.15, 0.2) is 24.3 Å². The molecule has 0 spiro atoms. The summed E-state index contributed by atoms with van der Waals surface area (Å²) in [6.45, 7) is 7.05. The normalized spacial score (nSPS) is 26.6. The largest absolute Gasteiger partial charge is 0.378 e. The quantitative estimate of drug-likeness (QED) is 0.837. The van der Waals surface area contributed by atoms with Gasteiger partial charge in [-0.15, -0.1) is 0 Å². The molecule has 6 nitrogen and oxygen atoms in total. The number of carbonyl (C=O) groups excluding carboxylic acids is 2. The van der Waals surface area contributed by atoms with Gasteiger partial charge in [0.25, 0.3) is 0 Å². The summed E-state index contributed by atoms with van der Waals surface area (Å²) in [7, 11) is 0. The molecule has 0 aromatic heterocycles. The topological polar surface area (TPSA) is 84.7 Å². The van der Waals surface area contributed by atoms with E-state index in [9.17, 15) is 9.59 Å². The van der Waals surface area contributed by atoms with E-state index in [1.807, 2.05) is 45.0 Å². The van der Waals surface area contributed by atoms with Gasteiger partial charge in [-0.3, -0.25) is 9.59 Å². The number of nitrogens with two attached hydrogens (primary N) is 1. The Kier molecular flexibility index (Phi) is 5.08. The van der Waals surface area contributed by atoms with E-state index < -0.39 is 11.0 Å². The van der Waals surface area contributed by atoms with Gasteiger partial charge in [-0.25, -0.2) is 0 Å². The van der Waals surface area contributed by atoms with E-state index in [-0.39, 0.29) is 24.5 Å². The Balaban J connectivity index is 1.61. The first kappa shape index (κ1) is 18.9. The molecule has 26 heavy (non-hydrogen) atoms. The van der Waals surface area contributed by atoms with Crippen molar-refractivity contribution in [3.63, 3.8) is 0 Å². The molecule has 2 unspecified atom stereocenters. The number of anilines is 1. The second kappa shape index (κ2) is 7.00. The molecule has 1 aromatic rings. The minimum absolute atomic E-state index is 0.0343. The molecule has 142 valence electrons. The van der Waals surface area contributed by atoms with Crippen LogP contribution >= 0.6 is 0 Å². The maximum Gasteiger partial charge on any atom is 0.246 e. The third-order valence-electron chi connectivity index (χ3n) is 6.05. The van der Waals surface area contributed by atoms with E-state index in [0.29, 0.717) is 19.6 Å². The van der Waals surface area contributed by atoms with Gasteiger partial charge < -0.3 is 20.7 Å². The highest BCUT2D eigenvalue weighted by atomic mass is 16.5. The predicted octanol–water partition coefficient (Wildman–Crippen LogP) is 1.61. The molecule has 0 bridgehead atoms. The first-order valence-corrected chi connectivity index (χ1v) is 9.38. The number of nitrogens with one attached hydrogen (secondary N) is 1. The Morgan fingerprint density at radius 2 is 2.08 bits per heavy atom. The van der Waals surface area contributed by atoms with Crippen LogP contribution in [0.1, 0.15) is 39.2 Å². The molecule has 1 saturated carbocycles. The minimum atomic E-state index is -1.01. The van der Waals surface area contributed by atoms with Crippen molar-refractivity contribution < 1.29 is 14.3 Å². The fraction of sp³-hybridized carbons (Fsp3) is 0.600. The Labute approximate surface area is 155 Å². The zero-order valence-corrected chi connectivity index (χ0v) is 15.9. The highest BCUT2D eigenvalue weighted by Crippen LogP contribution is 2.49. The molecular formula is C20H29N3O3. The number of aryl methyl sites for hydroxylation is 1. The first-order chi connectivity index (χ1) is 12.3. The van der Waals surface area contributed by atoms with Gasteiger partial charge >= 0.3 is 0 Å². The second-order valence-corrected chi connectivity index (χ2v) is 7.80. The van der Waals surface area contributed by atoms with E-state index >= 15 is 0 Å². The van der Waals surface area contributed by atoms with Crippen LogP contribution in [-0.2, 0) is 20.7 Å². The maximum absolute atomic E-state index is 12.7. The van der Waals surface area contributed by atoms with Gasteiger partial charge in [-0.2, -0.15) is 0 Å². The number of benzene rings is 1. The van der Waals surface area contributed by atoms with Crippen molar-refractivity contribution in [1.82, 2.24) is 5.32 Å². The average molecular weight is 359 g/mol. The van der Waals surface area contributed by atoms with Crippen molar-refractivity contribution in [3.05, 3.63) is 29.8 Å². The third kappa shape index (κ3) is 3.01. The Bertz CT molecular complexity index is 703. The van der Waals surface area contributed by atoms with Crippen LogP contribution in [-0.4, -0.2) is 43.2 Å². The predicted molar refractivity (Wildman–Crippen MR) is 101 cm³/mol. The lowest BCUT2D eigenvalue weighted by molar-refractivity contribution is -0.170. The monoisotopic (exact) mass is 359 g/mol. The van der Waals surface area contributed by atoms with Crippen molar-refractivity contribution in [2.24, 2.45) is 11.1 Å². The summed E-state index contributed by atoms with van der Waals surface area (Å²) in [6.07, 6.45) is 2.35. The fourth-order valence-corrected chi connectivity index (χ4v) is 4.02. The lowest BCUT2D eigenvalue weighted by Crippen LogP contribution is -2.76. The molecule has 3 rings (SSSR count). The van der Waals surface area contributed by atoms with Gasteiger partial charge in [0.05, 0.1) is 12.6 Å². The highest BCUT2D eigenvalue weighted by Gasteiger charge is 2.62. The number of para-hydroxylation sites is 1. The van der Waals surface area contributed by atoms with E-state index in [1.54, 1.807) is 4.90 Å². The van der Waals surface area contributed by atoms with Gasteiger partial charge in [0.1, 0.15) is 5.54 Å². The number of fused-ring (bicyclic) bond motifs is 1. The van der Waals surface area contributed by atoms with Crippen molar-refractivity contribution in [2.75, 3.05) is 24.6 Å². The standard InChI is InChI=1S/C20H29N3O3/c1-4-26-16-12-20(21,19(16,2)3)18(25)22-13-17(24)23-11-7-9-14-8-5-6-10-15(14)23/h5-6,8,10,16H,4,7,9,11-13,21H2,1-3H3,(H,22,25). The molecule has 1 fully saturated rings. The maximum atomic E-state index is 12.7. The third-order valence-corrected chi connectivity index (χ3v) is 6.05. The van der Waals surface area contributed by atoms with Gasteiger partial charge in [0.15, 0.2) is 0 Å². The van der Waals surface area contributed by atoms with E-state index in [2.05, 4.69) is 5.32 Å². The SMILES string of the molecule is CCOC1CC(N)(C(=O)NCC(=O)N2CCCc3ccccc32)C1(C)C. The lowest BCUT2D eigenvalue weighted by atomic mass is 9.54. The van der Waals surface area contributed by atoms with Crippen LogP contribution in [0.5, 0.6) is 0 Å². The zero-order valence-electron chi connectivity index (χ0n) is 15.9. The molecule has 3 N–H and O–H groups in total. The van der Waals surface area contributed by atoms with Crippen LogP contribution in [0.4, 0.5) is 5.69 Å². The van der Waals surface area contributed by atoms with Crippen LogP contribution in [0.25, 0.3) is 0 Å². The summed E-state index contributed by atoms with van der Waals surface area (Å²) in [5, 5.41) is 2.76. The van der Waals surface area contributed by atoms with Crippen LogP contribution in [0.3, 0.4) is 0 Å². The van der Waals surface area contributed by atoms with Crippen LogP contribution in [0, 0.1) is 5.41 Å². The molecule has 2 amide bonds. The van der Waals surface area contributed by atoms with Gasteiger partial charge in [-0.05, 0) is 31.4 Å². The summed E-state index contributed by atoms with van der Waals surface area (Å²) in [6, 6.07) is 7.93. The van der Waals surface area contributed by atoms with Crippen molar-refractivity contribution >= 4 is 17.5 Å². The van der Waals surface area contributed by atoms with Gasteiger partial charge in [-0.1, -0.05) is 32.0 Å². The van der Waals surface area contributed by atoms with E-state index in [4.69, 9.17) is 10.5 Å². The number of nitrogens with zero attached hydrogens (tertiary/aromatic N) is 1. The molecule has 0 saturated heterocycles. The van der Waals surface area contributed by atoms with Crippen molar-refractivity contribution in [2.45, 2.75) is 51.7 Å². The zero-order chi connectivity index (χ0) is 18.9. The molecule has 1 aliphatic heterocycles. The Morgan fingerprint density at radius 1 is 1.35 bits per heavy atom. The molecule has 1 heterocycles. The molecule has 1 aliphatic carbocycles. The van der Waals surface area contributed by atoms with Crippen LogP contribution < -0.4 is 16.0 Å². The van der Waals surface area contributed by atoms with Crippen molar-refractivity contribution in [1.29, 1.82) is 0 Å². The number of rotatable bonds is 5. The Morgan fingerprint density at radius 3 is 2.77 bits per heavy atom. The highest BCUT2D eigenvalue weighted by molar-refractivity contribution is 5.99. The molecule has 6 heteroatoms. The van der Waals surface area contributed by atoms with Gasteiger partial charge in [0, 0.05) is 30.7 Å². The number of amides is 2. The summed E-state index contributed by atoms with van der Waals surface area (Å²) >= 11 is 0. The fourth-order valence-electron chi connectivity index (χ4n) is 4.02. The van der Waals surface area contributed by atoms with E-state index in [0.717, 1.165) is 18.5 Å². The van der Waals surface area contributed by atoms with Gasteiger partial charge in [0.2, 0.25) is 11.8 Å². The first-order valence-electron chi connectivity index (χ1n) is 9.38. The smallest absolute Gasteiger partial charge is 0.246 e. The minimum Gasteiger partial charge on any atom is -0.378 e. The summed E-state index contributed by atoms with van der Waals surface area (Å²) in [5.41, 5.74) is 7.02. The summed E-state index contributed by atoms with van der Waals surface area (Å²) in [4.78, 5) is 27.1. The number of hydrogen-bond donors (Lipinski definition) is 2. The summed E-state index contributed by atoms with van der Waals surface area (Å²) < 4.78 is 5.66.